The zero-order chi connectivity index (χ0) is 16.5. The van der Waals surface area contributed by atoms with E-state index in [1.54, 1.807) is 0 Å². The van der Waals surface area contributed by atoms with Crippen LogP contribution in [0.2, 0.25) is 0 Å². The molecule has 0 atom stereocenters. The fraction of sp³-hybridized carbons (Fsp3) is 0.154. The number of aromatic nitrogens is 1. The molecule has 2 N–H and O–H groups in total. The molecule has 0 fully saturated rings. The van der Waals surface area contributed by atoms with Crippen molar-refractivity contribution in [3.8, 4) is 5.88 Å². The molecule has 10 heteroatoms. The van der Waals surface area contributed by atoms with E-state index in [2.05, 4.69) is 16.3 Å². The van der Waals surface area contributed by atoms with Gasteiger partial charge in [0.1, 0.15) is 10.6 Å². The van der Waals surface area contributed by atoms with Crippen LogP contribution in [0.25, 0.3) is 0 Å². The Labute approximate surface area is 157 Å². The molecule has 0 aliphatic rings. The van der Waals surface area contributed by atoms with Gasteiger partial charge in [0.15, 0.2) is 5.56 Å². The van der Waals surface area contributed by atoms with E-state index in [9.17, 15) is 18.3 Å². The molecule has 2 rings (SSSR count). The summed E-state index contributed by atoms with van der Waals surface area (Å²) in [6.45, 7) is 1.50. The third kappa shape index (κ3) is 4.32. The van der Waals surface area contributed by atoms with Crippen molar-refractivity contribution in [2.45, 2.75) is 11.8 Å². The average Bonchev–Trinajstić information content (AvgIpc) is 2.44. The van der Waals surface area contributed by atoms with E-state index >= 15 is 0 Å². The van der Waals surface area contributed by atoms with Crippen LogP contribution >= 0.6 is 0 Å². The number of hydrogen-bond acceptors (Lipinski definition) is 6. The van der Waals surface area contributed by atoms with Gasteiger partial charge in [-0.25, -0.2) is 5.11 Å². The van der Waals surface area contributed by atoms with Gasteiger partial charge in [0, 0.05) is 12.7 Å². The molecule has 8 nitrogen and oxygen atoms in total. The Balaban J connectivity index is 0.00000264. The van der Waals surface area contributed by atoms with Gasteiger partial charge in [-0.3, -0.25) is 9.35 Å². The summed E-state index contributed by atoms with van der Waals surface area (Å²) in [6.07, 6.45) is 0. The van der Waals surface area contributed by atoms with Crippen molar-refractivity contribution in [1.82, 2.24) is 4.57 Å². The van der Waals surface area contributed by atoms with Crippen LogP contribution in [0.4, 0.5) is 11.4 Å². The van der Waals surface area contributed by atoms with Crippen LogP contribution in [0.3, 0.4) is 0 Å². The van der Waals surface area contributed by atoms with Gasteiger partial charge in [-0.2, -0.15) is 25.2 Å². The van der Waals surface area contributed by atoms with E-state index in [0.29, 0.717) is 0 Å². The number of pyridine rings is 1. The minimum atomic E-state index is -4.46. The molecule has 0 aliphatic carbocycles. The van der Waals surface area contributed by atoms with Crippen LogP contribution in [0.1, 0.15) is 5.56 Å². The summed E-state index contributed by atoms with van der Waals surface area (Å²) in [5.41, 5.74) is -0.555. The van der Waals surface area contributed by atoms with Crippen LogP contribution < -0.4 is 5.56 Å². The van der Waals surface area contributed by atoms with Crippen molar-refractivity contribution >= 4 is 21.5 Å². The van der Waals surface area contributed by atoms with E-state index in [0.717, 1.165) is 10.6 Å². The molecule has 1 heterocycles. The van der Waals surface area contributed by atoms with E-state index in [4.69, 9.17) is 4.55 Å². The number of rotatable bonds is 3. The number of benzene rings is 1. The van der Waals surface area contributed by atoms with Gasteiger partial charge in [0.2, 0.25) is 0 Å². The first-order valence-corrected chi connectivity index (χ1v) is 7.46. The van der Waals surface area contributed by atoms with Gasteiger partial charge in [0.25, 0.3) is 10.1 Å². The molecular weight excluding hydrogens is 399 g/mol. The normalized spacial score (nSPS) is 11.4. The van der Waals surface area contributed by atoms with Gasteiger partial charge in [-0.05, 0) is 12.1 Å². The maximum atomic E-state index is 12.0. The Bertz CT molecular complexity index is 922. The Morgan fingerprint density at radius 2 is 1.83 bits per heavy atom. The number of azo groups is 1. The fourth-order valence-electron chi connectivity index (χ4n) is 1.71. The zero-order valence-corrected chi connectivity index (χ0v) is 15.9. The largest absolute Gasteiger partial charge is 3.00 e. The summed E-state index contributed by atoms with van der Waals surface area (Å²) in [5, 5.41) is 16.9. The maximum absolute atomic E-state index is 12.0. The molecule has 0 saturated carbocycles. The molecule has 23 heavy (non-hydrogen) atoms. The fourth-order valence-corrected chi connectivity index (χ4v) is 2.33. The summed E-state index contributed by atoms with van der Waals surface area (Å²) in [7, 11) is -3.13. The van der Waals surface area contributed by atoms with E-state index in [-0.39, 0.29) is 55.5 Å². The molecule has 1 aromatic heterocycles. The first-order valence-electron chi connectivity index (χ1n) is 6.02. The summed E-state index contributed by atoms with van der Waals surface area (Å²) in [6, 6.07) is 7.95. The SMILES string of the molecule is Cc1[c-]c(O)n(C)c(=O)c1N=Nc1ccccc1S(=O)(=O)O.[Y+3]. The third-order valence-corrected chi connectivity index (χ3v) is 3.78. The second kappa shape index (κ2) is 7.44. The Kier molecular flexibility index (Phi) is 6.35. The van der Waals surface area contributed by atoms with Crippen molar-refractivity contribution in [2.24, 2.45) is 17.3 Å². The van der Waals surface area contributed by atoms with E-state index in [1.807, 2.05) is 0 Å². The van der Waals surface area contributed by atoms with Crippen molar-refractivity contribution in [2.75, 3.05) is 0 Å². The zero-order valence-electron chi connectivity index (χ0n) is 12.3. The molecule has 0 amide bonds. The predicted octanol–water partition coefficient (Wildman–Crippen LogP) is 1.86. The van der Waals surface area contributed by atoms with E-state index in [1.165, 1.54) is 32.2 Å². The summed E-state index contributed by atoms with van der Waals surface area (Å²) in [4.78, 5) is 11.6. The number of aromatic hydroxyl groups is 1. The second-order valence-corrected chi connectivity index (χ2v) is 5.82. The average molecular weight is 411 g/mol. The van der Waals surface area contributed by atoms with Crippen LogP contribution in [0.15, 0.2) is 44.2 Å². The molecule has 0 bridgehead atoms. The molecule has 0 unspecified atom stereocenters. The van der Waals surface area contributed by atoms with Crippen LogP contribution in [0.5, 0.6) is 5.88 Å². The molecule has 116 valence electrons. The first-order chi connectivity index (χ1) is 10.2. The Morgan fingerprint density at radius 1 is 1.22 bits per heavy atom. The van der Waals surface area contributed by atoms with Gasteiger partial charge in [-0.15, -0.1) is 0 Å². The summed E-state index contributed by atoms with van der Waals surface area (Å²) < 4.78 is 32.5. The van der Waals surface area contributed by atoms with Gasteiger partial charge in [0.05, 0.1) is 5.88 Å². The third-order valence-electron chi connectivity index (χ3n) is 2.88. The van der Waals surface area contributed by atoms with Gasteiger partial charge >= 0.3 is 32.7 Å². The molecule has 2 aromatic rings. The summed E-state index contributed by atoms with van der Waals surface area (Å²) in [5.74, 6) is -0.347. The number of aryl methyl sites for hydroxylation is 1. The van der Waals surface area contributed by atoms with Crippen molar-refractivity contribution < 1.29 is 50.8 Å². The van der Waals surface area contributed by atoms with Crippen molar-refractivity contribution in [1.29, 1.82) is 0 Å². The molecular formula is C13H12N3O5SY+2. The summed E-state index contributed by atoms with van der Waals surface area (Å²) >= 11 is 0. The number of hydrogen-bond donors (Lipinski definition) is 2. The molecule has 0 saturated heterocycles. The van der Waals surface area contributed by atoms with E-state index < -0.39 is 20.6 Å². The van der Waals surface area contributed by atoms with Crippen LogP contribution in [-0.2, 0) is 49.9 Å². The molecule has 1 aromatic carbocycles. The Hall–Kier alpha value is -1.42. The molecule has 0 spiro atoms. The second-order valence-electron chi connectivity index (χ2n) is 4.43. The van der Waals surface area contributed by atoms with Crippen LogP contribution in [-0.4, -0.2) is 22.6 Å². The quantitative estimate of drug-likeness (QED) is 0.454. The van der Waals surface area contributed by atoms with Crippen molar-refractivity contribution in [3.63, 3.8) is 0 Å². The van der Waals surface area contributed by atoms with Crippen LogP contribution in [0, 0.1) is 13.0 Å². The first kappa shape index (κ1) is 19.6. The monoisotopic (exact) mass is 411 g/mol. The minimum Gasteiger partial charge on any atom is -0.510 e. The molecule has 0 aliphatic heterocycles. The maximum Gasteiger partial charge on any atom is 3.00 e. The van der Waals surface area contributed by atoms with Crippen molar-refractivity contribution in [3.05, 3.63) is 46.2 Å². The Morgan fingerprint density at radius 3 is 2.43 bits per heavy atom. The predicted molar refractivity (Wildman–Crippen MR) is 77.4 cm³/mol. The molecule has 0 radical (unpaired) electrons. The topological polar surface area (TPSA) is 121 Å². The smallest absolute Gasteiger partial charge is 0.510 e. The minimum absolute atomic E-state index is 0. The van der Waals surface area contributed by atoms with Gasteiger partial charge < -0.3 is 9.67 Å². The van der Waals surface area contributed by atoms with Gasteiger partial charge in [-0.1, -0.05) is 19.1 Å². The standard InChI is InChI=1S/C13H12N3O5S.Y/c1-8-7-11(17)16(2)13(18)12(8)15-14-9-5-3-4-6-10(9)22(19,20)21;/h3-6,17H,1-2H3,(H,19,20,21);/q-1;+3. The number of nitrogens with zero attached hydrogens (tertiary/aromatic N) is 3.